The van der Waals surface area contributed by atoms with Gasteiger partial charge in [0.1, 0.15) is 4.90 Å². The third-order valence-electron chi connectivity index (χ3n) is 5.99. The zero-order chi connectivity index (χ0) is 21.6. The number of nitrogens with zero attached hydrogens (tertiary/aromatic N) is 1. The van der Waals surface area contributed by atoms with Gasteiger partial charge >= 0.3 is 0 Å². The van der Waals surface area contributed by atoms with Gasteiger partial charge in [-0.3, -0.25) is 9.59 Å². The summed E-state index contributed by atoms with van der Waals surface area (Å²) in [6, 6.07) is 6.81. The second-order valence-electron chi connectivity index (χ2n) is 8.07. The van der Waals surface area contributed by atoms with E-state index in [0.29, 0.717) is 41.3 Å². The first kappa shape index (κ1) is 20.6. The molecule has 1 aromatic heterocycles. The van der Waals surface area contributed by atoms with Gasteiger partial charge in [0, 0.05) is 31.6 Å². The first-order valence-corrected chi connectivity index (χ1v) is 11.5. The van der Waals surface area contributed by atoms with Crippen molar-refractivity contribution >= 4 is 27.4 Å². The Kier molecular flexibility index (Phi) is 5.19. The summed E-state index contributed by atoms with van der Waals surface area (Å²) in [6.45, 7) is 6.08. The number of aromatic amines is 1. The van der Waals surface area contributed by atoms with Crippen molar-refractivity contribution in [2.45, 2.75) is 44.7 Å². The molecule has 1 fully saturated rings. The van der Waals surface area contributed by atoms with E-state index < -0.39 is 16.2 Å². The van der Waals surface area contributed by atoms with Gasteiger partial charge in [0.2, 0.25) is 10.0 Å². The van der Waals surface area contributed by atoms with Crippen LogP contribution in [-0.4, -0.2) is 49.2 Å². The van der Waals surface area contributed by atoms with Crippen LogP contribution in [0.25, 0.3) is 0 Å². The second-order valence-corrected chi connectivity index (χ2v) is 9.76. The van der Waals surface area contributed by atoms with Crippen LogP contribution >= 0.6 is 0 Å². The monoisotopic (exact) mass is 430 g/mol. The topological polar surface area (TPSA) is 111 Å². The number of likely N-dealkylation sites (tertiary alicyclic amines) is 1. The van der Waals surface area contributed by atoms with Gasteiger partial charge in [0.05, 0.1) is 23.1 Å². The maximum Gasteiger partial charge on any atom is 0.255 e. The number of fused-ring (bicyclic) bond motifs is 1. The molecule has 0 aliphatic carbocycles. The lowest BCUT2D eigenvalue weighted by atomic mass is 9.94. The molecule has 0 spiro atoms. The van der Waals surface area contributed by atoms with Crippen molar-refractivity contribution in [1.29, 1.82) is 0 Å². The molecule has 9 heteroatoms. The molecule has 0 saturated carbocycles. The number of nitrogens with one attached hydrogen (secondary N) is 3. The Bertz CT molecular complexity index is 1120. The fourth-order valence-electron chi connectivity index (χ4n) is 4.51. The molecule has 1 aromatic carbocycles. The highest BCUT2D eigenvalue weighted by Crippen LogP contribution is 2.31. The fourth-order valence-corrected chi connectivity index (χ4v) is 5.90. The number of hydrogen-bond donors (Lipinski definition) is 3. The minimum atomic E-state index is -3.61. The summed E-state index contributed by atoms with van der Waals surface area (Å²) < 4.78 is 28.0. The van der Waals surface area contributed by atoms with Gasteiger partial charge in [-0.15, -0.1) is 0 Å². The largest absolute Gasteiger partial charge is 0.368 e. The van der Waals surface area contributed by atoms with Crippen LogP contribution in [0.15, 0.2) is 29.2 Å². The van der Waals surface area contributed by atoms with Gasteiger partial charge in [0.15, 0.2) is 5.78 Å². The number of aryl methyl sites for hydroxylation is 1. The molecule has 1 saturated heterocycles. The van der Waals surface area contributed by atoms with Crippen molar-refractivity contribution in [1.82, 2.24) is 14.6 Å². The Hall–Kier alpha value is -2.65. The van der Waals surface area contributed by atoms with Crippen LogP contribution in [0, 0.1) is 19.8 Å². The van der Waals surface area contributed by atoms with Gasteiger partial charge in [-0.2, -0.15) is 4.72 Å². The Morgan fingerprint density at radius 1 is 1.17 bits per heavy atom. The van der Waals surface area contributed by atoms with Crippen LogP contribution < -0.4 is 10.0 Å². The lowest BCUT2D eigenvalue weighted by Crippen LogP contribution is -2.54. The zero-order valence-electron chi connectivity index (χ0n) is 17.3. The predicted octanol–water partition coefficient (Wildman–Crippen LogP) is 2.42. The molecule has 2 unspecified atom stereocenters. The van der Waals surface area contributed by atoms with Gasteiger partial charge in [-0.1, -0.05) is 12.1 Å². The molecule has 2 aliphatic rings. The van der Waals surface area contributed by atoms with Crippen LogP contribution in [0.2, 0.25) is 0 Å². The van der Waals surface area contributed by atoms with Crippen LogP contribution in [0.3, 0.4) is 0 Å². The summed E-state index contributed by atoms with van der Waals surface area (Å²) in [5.41, 5.74) is 2.91. The van der Waals surface area contributed by atoms with Crippen molar-refractivity contribution in [3.05, 3.63) is 46.8 Å². The lowest BCUT2D eigenvalue weighted by molar-refractivity contribution is 0.0657. The standard InChI is InChI=1S/C21H26N4O4S/c1-12-18(13(2)22-19(12)14(3)26)21(27)25-10-6-7-15(11-25)20-23-16-8-4-5-9-17(16)30(28,29)24-20/h4-5,8-9,15,20,22-24H,6-7,10-11H2,1-3H3. The number of amides is 1. The quantitative estimate of drug-likeness (QED) is 0.648. The van der Waals surface area contributed by atoms with Crippen molar-refractivity contribution < 1.29 is 18.0 Å². The number of sulfonamides is 1. The predicted molar refractivity (Wildman–Crippen MR) is 113 cm³/mol. The molecule has 0 radical (unpaired) electrons. The Morgan fingerprint density at radius 2 is 1.90 bits per heavy atom. The highest BCUT2D eigenvalue weighted by atomic mass is 32.2. The van der Waals surface area contributed by atoms with E-state index in [2.05, 4.69) is 15.0 Å². The molecular formula is C21H26N4O4S. The van der Waals surface area contributed by atoms with E-state index in [0.717, 1.165) is 12.8 Å². The summed E-state index contributed by atoms with van der Waals surface area (Å²) >= 11 is 0. The lowest BCUT2D eigenvalue weighted by Gasteiger charge is -2.39. The smallest absolute Gasteiger partial charge is 0.255 e. The summed E-state index contributed by atoms with van der Waals surface area (Å²) in [5, 5.41) is 3.28. The number of carbonyl (C=O) groups is 2. The summed E-state index contributed by atoms with van der Waals surface area (Å²) in [6.07, 6.45) is 1.09. The van der Waals surface area contributed by atoms with Gasteiger partial charge in [-0.05, 0) is 44.4 Å². The number of benzene rings is 1. The zero-order valence-corrected chi connectivity index (χ0v) is 18.1. The number of hydrogen-bond acceptors (Lipinski definition) is 5. The molecule has 30 heavy (non-hydrogen) atoms. The molecule has 1 amide bonds. The highest BCUT2D eigenvalue weighted by Gasteiger charge is 2.37. The van der Waals surface area contributed by atoms with Crippen LogP contribution in [0.4, 0.5) is 5.69 Å². The number of H-pyrrole nitrogens is 1. The van der Waals surface area contributed by atoms with Crippen molar-refractivity contribution in [3.8, 4) is 0 Å². The number of anilines is 1. The molecule has 160 valence electrons. The molecule has 3 heterocycles. The van der Waals surface area contributed by atoms with Gasteiger partial charge < -0.3 is 15.2 Å². The minimum absolute atomic E-state index is 0.0716. The molecule has 2 atom stereocenters. The number of aromatic nitrogens is 1. The summed E-state index contributed by atoms with van der Waals surface area (Å²) in [4.78, 5) is 30.1. The van der Waals surface area contributed by atoms with E-state index >= 15 is 0 Å². The number of Topliss-reactive ketones (excluding diaryl/α,β-unsaturated/α-hetero) is 1. The Labute approximate surface area is 176 Å². The number of carbonyl (C=O) groups excluding carboxylic acids is 2. The first-order valence-electron chi connectivity index (χ1n) is 10.1. The third kappa shape index (κ3) is 3.52. The minimum Gasteiger partial charge on any atom is -0.368 e. The van der Waals surface area contributed by atoms with Crippen LogP contribution in [0.1, 0.15) is 51.9 Å². The maximum absolute atomic E-state index is 13.3. The SMILES string of the molecule is CC(=O)c1[nH]c(C)c(C(=O)N2CCCC(C3Nc4ccccc4S(=O)(=O)N3)C2)c1C. The first-order chi connectivity index (χ1) is 14.2. The van der Waals surface area contributed by atoms with Crippen LogP contribution in [-0.2, 0) is 10.0 Å². The van der Waals surface area contributed by atoms with E-state index in [1.807, 2.05) is 0 Å². The highest BCUT2D eigenvalue weighted by molar-refractivity contribution is 7.89. The molecule has 0 bridgehead atoms. The fraction of sp³-hybridized carbons (Fsp3) is 0.429. The average Bonchev–Trinajstić information content (AvgIpc) is 3.01. The van der Waals surface area contributed by atoms with E-state index in [1.54, 1.807) is 43.0 Å². The van der Waals surface area contributed by atoms with E-state index in [4.69, 9.17) is 0 Å². The van der Waals surface area contributed by atoms with Crippen molar-refractivity contribution in [2.75, 3.05) is 18.4 Å². The average molecular weight is 431 g/mol. The van der Waals surface area contributed by atoms with E-state index in [-0.39, 0.29) is 22.5 Å². The number of para-hydroxylation sites is 1. The third-order valence-corrected chi connectivity index (χ3v) is 7.49. The van der Waals surface area contributed by atoms with Crippen LogP contribution in [0.5, 0.6) is 0 Å². The van der Waals surface area contributed by atoms with Gasteiger partial charge in [-0.25, -0.2) is 8.42 Å². The number of piperidine rings is 1. The number of rotatable bonds is 3. The summed E-state index contributed by atoms with van der Waals surface area (Å²) in [7, 11) is -3.61. The molecule has 2 aliphatic heterocycles. The Balaban J connectivity index is 1.56. The van der Waals surface area contributed by atoms with E-state index in [1.165, 1.54) is 6.92 Å². The molecule has 8 nitrogen and oxygen atoms in total. The number of ketones is 1. The molecule has 4 rings (SSSR count). The van der Waals surface area contributed by atoms with Crippen molar-refractivity contribution in [3.63, 3.8) is 0 Å². The van der Waals surface area contributed by atoms with Gasteiger partial charge in [0.25, 0.3) is 5.91 Å². The van der Waals surface area contributed by atoms with E-state index in [9.17, 15) is 18.0 Å². The summed E-state index contributed by atoms with van der Waals surface area (Å²) in [5.74, 6) is -0.305. The maximum atomic E-state index is 13.3. The molecule has 2 aromatic rings. The Morgan fingerprint density at radius 3 is 2.60 bits per heavy atom. The second kappa shape index (κ2) is 7.55. The normalized spacial score (nSPS) is 22.8. The molecule has 3 N–H and O–H groups in total. The van der Waals surface area contributed by atoms with Crippen molar-refractivity contribution in [2.24, 2.45) is 5.92 Å². The molecular weight excluding hydrogens is 404 g/mol.